The molecular formula is C17H25BrN2O3. The fourth-order valence-corrected chi connectivity index (χ4v) is 3.22. The van der Waals surface area contributed by atoms with E-state index in [1.54, 1.807) is 7.11 Å². The lowest BCUT2D eigenvalue weighted by molar-refractivity contribution is 0.0506. The Labute approximate surface area is 146 Å². The van der Waals surface area contributed by atoms with Gasteiger partial charge in [0.15, 0.2) is 0 Å². The molecule has 1 N–H and O–H groups in total. The smallest absolute Gasteiger partial charge is 0.407 e. The average Bonchev–Trinajstić information content (AvgIpc) is 2.83. The van der Waals surface area contributed by atoms with Crippen molar-refractivity contribution in [3.05, 3.63) is 28.2 Å². The van der Waals surface area contributed by atoms with E-state index >= 15 is 0 Å². The molecule has 1 aromatic carbocycles. The lowest BCUT2D eigenvalue weighted by Crippen LogP contribution is -2.40. The normalized spacial score (nSPS) is 18.7. The summed E-state index contributed by atoms with van der Waals surface area (Å²) >= 11 is 3.51. The molecule has 23 heavy (non-hydrogen) atoms. The van der Waals surface area contributed by atoms with Gasteiger partial charge in [-0.2, -0.15) is 0 Å². The zero-order valence-corrected chi connectivity index (χ0v) is 15.8. The minimum absolute atomic E-state index is 0.145. The van der Waals surface area contributed by atoms with Crippen LogP contribution in [0.5, 0.6) is 5.75 Å². The first kappa shape index (κ1) is 18.1. The Balaban J connectivity index is 1.83. The summed E-state index contributed by atoms with van der Waals surface area (Å²) in [5.41, 5.74) is 0.758. The molecule has 0 saturated carbocycles. The molecule has 1 fully saturated rings. The topological polar surface area (TPSA) is 50.8 Å². The Morgan fingerprint density at radius 2 is 2.17 bits per heavy atom. The third kappa shape index (κ3) is 5.70. The van der Waals surface area contributed by atoms with Gasteiger partial charge in [0.05, 0.1) is 11.6 Å². The first-order valence-electron chi connectivity index (χ1n) is 7.81. The highest BCUT2D eigenvalue weighted by Crippen LogP contribution is 2.26. The maximum absolute atomic E-state index is 11.8. The third-order valence-electron chi connectivity index (χ3n) is 3.62. The molecule has 1 heterocycles. The Morgan fingerprint density at radius 3 is 2.78 bits per heavy atom. The van der Waals surface area contributed by atoms with Crippen molar-refractivity contribution < 1.29 is 14.3 Å². The summed E-state index contributed by atoms with van der Waals surface area (Å²) in [7, 11) is 1.66. The number of benzene rings is 1. The van der Waals surface area contributed by atoms with Gasteiger partial charge in [-0.3, -0.25) is 4.90 Å². The largest absolute Gasteiger partial charge is 0.496 e. The summed E-state index contributed by atoms with van der Waals surface area (Å²) in [4.78, 5) is 14.2. The second-order valence-electron chi connectivity index (χ2n) is 6.84. The Kier molecular flexibility index (Phi) is 5.92. The minimum atomic E-state index is -0.461. The molecule has 5 nitrogen and oxygen atoms in total. The predicted molar refractivity (Wildman–Crippen MR) is 93.7 cm³/mol. The van der Waals surface area contributed by atoms with Crippen LogP contribution in [0.25, 0.3) is 0 Å². The first-order valence-corrected chi connectivity index (χ1v) is 8.60. The second-order valence-corrected chi connectivity index (χ2v) is 7.69. The number of likely N-dealkylation sites (tertiary alicyclic amines) is 1. The molecule has 2 rings (SSSR count). The van der Waals surface area contributed by atoms with Gasteiger partial charge in [0.2, 0.25) is 0 Å². The molecule has 1 saturated heterocycles. The molecule has 1 aliphatic heterocycles. The first-order chi connectivity index (χ1) is 10.8. The molecule has 128 valence electrons. The standard InChI is InChI=1S/C17H25BrN2O3/c1-17(2,3)23-16(21)19-13-7-8-20(11-13)10-12-5-6-15(22-4)14(18)9-12/h5-6,9,13H,7-8,10-11H2,1-4H3,(H,19,21). The van der Waals surface area contributed by atoms with Crippen LogP contribution in [-0.2, 0) is 11.3 Å². The number of rotatable bonds is 4. The monoisotopic (exact) mass is 384 g/mol. The lowest BCUT2D eigenvalue weighted by Gasteiger charge is -2.22. The molecule has 1 amide bonds. The van der Waals surface area contributed by atoms with Gasteiger partial charge < -0.3 is 14.8 Å². The SMILES string of the molecule is COc1ccc(CN2CCC(NC(=O)OC(C)(C)C)C2)cc1Br. The van der Waals surface area contributed by atoms with Gasteiger partial charge in [-0.15, -0.1) is 0 Å². The van der Waals surface area contributed by atoms with Gasteiger partial charge in [0.25, 0.3) is 0 Å². The highest BCUT2D eigenvalue weighted by Gasteiger charge is 2.26. The van der Waals surface area contributed by atoms with Crippen molar-refractivity contribution in [2.75, 3.05) is 20.2 Å². The molecule has 1 unspecified atom stereocenters. The minimum Gasteiger partial charge on any atom is -0.496 e. The number of methoxy groups -OCH3 is 1. The van der Waals surface area contributed by atoms with E-state index in [1.165, 1.54) is 5.56 Å². The van der Waals surface area contributed by atoms with Crippen LogP contribution in [0.1, 0.15) is 32.8 Å². The van der Waals surface area contributed by atoms with Crippen LogP contribution in [-0.4, -0.2) is 42.8 Å². The number of amides is 1. The Morgan fingerprint density at radius 1 is 1.43 bits per heavy atom. The van der Waals surface area contributed by atoms with Gasteiger partial charge in [0, 0.05) is 25.7 Å². The molecule has 0 aliphatic carbocycles. The van der Waals surface area contributed by atoms with E-state index in [0.717, 1.165) is 36.3 Å². The van der Waals surface area contributed by atoms with Crippen molar-refractivity contribution >= 4 is 22.0 Å². The highest BCUT2D eigenvalue weighted by molar-refractivity contribution is 9.10. The highest BCUT2D eigenvalue weighted by atomic mass is 79.9. The number of nitrogens with zero attached hydrogens (tertiary/aromatic N) is 1. The summed E-state index contributed by atoms with van der Waals surface area (Å²) in [6.07, 6.45) is 0.605. The molecule has 0 aromatic heterocycles. The number of alkyl carbamates (subject to hydrolysis) is 1. The van der Waals surface area contributed by atoms with E-state index in [4.69, 9.17) is 9.47 Å². The number of halogens is 1. The van der Waals surface area contributed by atoms with Gasteiger partial charge in [-0.05, 0) is 60.8 Å². The van der Waals surface area contributed by atoms with Crippen LogP contribution in [0.3, 0.4) is 0 Å². The molecule has 0 spiro atoms. The van der Waals surface area contributed by atoms with Crippen LogP contribution < -0.4 is 10.1 Å². The van der Waals surface area contributed by atoms with Crippen LogP contribution in [0.4, 0.5) is 4.79 Å². The van der Waals surface area contributed by atoms with E-state index < -0.39 is 5.60 Å². The van der Waals surface area contributed by atoms with Crippen LogP contribution >= 0.6 is 15.9 Å². The van der Waals surface area contributed by atoms with E-state index in [-0.39, 0.29) is 12.1 Å². The van der Waals surface area contributed by atoms with Crippen molar-refractivity contribution in [1.29, 1.82) is 0 Å². The zero-order valence-electron chi connectivity index (χ0n) is 14.2. The molecule has 1 aromatic rings. The number of nitrogens with one attached hydrogen (secondary N) is 1. The molecule has 0 bridgehead atoms. The maximum atomic E-state index is 11.8. The van der Waals surface area contributed by atoms with Gasteiger partial charge >= 0.3 is 6.09 Å². The number of carbonyl (C=O) groups excluding carboxylic acids is 1. The van der Waals surface area contributed by atoms with E-state index in [1.807, 2.05) is 26.8 Å². The Bertz CT molecular complexity index is 557. The summed E-state index contributed by atoms with van der Waals surface area (Å²) in [6, 6.07) is 6.25. The summed E-state index contributed by atoms with van der Waals surface area (Å²) in [5, 5.41) is 2.95. The number of hydrogen-bond donors (Lipinski definition) is 1. The van der Waals surface area contributed by atoms with Crippen LogP contribution in [0.15, 0.2) is 22.7 Å². The van der Waals surface area contributed by atoms with E-state index in [0.29, 0.717) is 0 Å². The zero-order chi connectivity index (χ0) is 17.0. The quantitative estimate of drug-likeness (QED) is 0.861. The summed E-state index contributed by atoms with van der Waals surface area (Å²) in [6.45, 7) is 8.27. The average molecular weight is 385 g/mol. The number of hydrogen-bond acceptors (Lipinski definition) is 4. The van der Waals surface area contributed by atoms with Gasteiger partial charge in [-0.25, -0.2) is 4.79 Å². The van der Waals surface area contributed by atoms with Crippen molar-refractivity contribution in [2.45, 2.75) is 45.4 Å². The lowest BCUT2D eigenvalue weighted by atomic mass is 10.2. The van der Waals surface area contributed by atoms with Crippen molar-refractivity contribution in [3.63, 3.8) is 0 Å². The fourth-order valence-electron chi connectivity index (χ4n) is 2.63. The summed E-state index contributed by atoms with van der Waals surface area (Å²) in [5.74, 6) is 0.833. The summed E-state index contributed by atoms with van der Waals surface area (Å²) < 4.78 is 11.5. The molecule has 6 heteroatoms. The van der Waals surface area contributed by atoms with Crippen molar-refractivity contribution in [1.82, 2.24) is 10.2 Å². The van der Waals surface area contributed by atoms with Gasteiger partial charge in [-0.1, -0.05) is 6.07 Å². The maximum Gasteiger partial charge on any atom is 0.407 e. The Hall–Kier alpha value is -1.27. The molecule has 1 aliphatic rings. The number of ether oxygens (including phenoxy) is 2. The van der Waals surface area contributed by atoms with Crippen molar-refractivity contribution in [3.8, 4) is 5.75 Å². The molecular weight excluding hydrogens is 360 g/mol. The van der Waals surface area contributed by atoms with Crippen LogP contribution in [0, 0.1) is 0 Å². The van der Waals surface area contributed by atoms with E-state index in [9.17, 15) is 4.79 Å². The van der Waals surface area contributed by atoms with Crippen LogP contribution in [0.2, 0.25) is 0 Å². The molecule has 1 atom stereocenters. The predicted octanol–water partition coefficient (Wildman–Crippen LogP) is 3.56. The van der Waals surface area contributed by atoms with E-state index in [2.05, 4.69) is 38.3 Å². The number of carbonyl (C=O) groups is 1. The fraction of sp³-hybridized carbons (Fsp3) is 0.588. The van der Waals surface area contributed by atoms with Gasteiger partial charge in [0.1, 0.15) is 11.4 Å². The van der Waals surface area contributed by atoms with Crippen molar-refractivity contribution in [2.24, 2.45) is 0 Å². The molecule has 0 radical (unpaired) electrons. The second kappa shape index (κ2) is 7.53. The third-order valence-corrected chi connectivity index (χ3v) is 4.24.